The number of para-hydroxylation sites is 4. The third kappa shape index (κ3) is 4.44. The van der Waals surface area contributed by atoms with Crippen LogP contribution in [0.1, 0.15) is 0 Å². The molecule has 0 aliphatic rings. The number of hydrogen-bond acceptors (Lipinski definition) is 3. The molecule has 8 aromatic carbocycles. The summed E-state index contributed by atoms with van der Waals surface area (Å²) < 4.78 is 13.4. The van der Waals surface area contributed by atoms with Gasteiger partial charge < -0.3 is 13.7 Å². The highest BCUT2D eigenvalue weighted by Crippen LogP contribution is 2.47. The molecule has 0 fully saturated rings. The van der Waals surface area contributed by atoms with Gasteiger partial charge in [0.1, 0.15) is 16.7 Å². The molecule has 0 saturated carbocycles. The number of anilines is 3. The zero-order chi connectivity index (χ0) is 32.3. The Balaban J connectivity index is 1.25. The smallest absolute Gasteiger partial charge is 0.159 e. The van der Waals surface area contributed by atoms with E-state index in [9.17, 15) is 0 Å². The molecule has 0 spiro atoms. The van der Waals surface area contributed by atoms with Gasteiger partial charge in [-0.2, -0.15) is 0 Å². The van der Waals surface area contributed by atoms with Crippen molar-refractivity contribution in [2.24, 2.45) is 0 Å². The molecular weight excluding hydrogens is 599 g/mol. The lowest BCUT2D eigenvalue weighted by Crippen LogP contribution is -2.11. The van der Waals surface area contributed by atoms with Gasteiger partial charge >= 0.3 is 0 Å². The molecule has 0 aliphatic carbocycles. The summed E-state index contributed by atoms with van der Waals surface area (Å²) in [6.45, 7) is 0. The maximum absolute atomic E-state index is 6.97. The summed E-state index contributed by atoms with van der Waals surface area (Å²) in [4.78, 5) is 2.32. The molecule has 10 rings (SSSR count). The molecule has 0 saturated heterocycles. The Labute approximate surface area is 282 Å². The lowest BCUT2D eigenvalue weighted by Gasteiger charge is -2.28. The lowest BCUT2D eigenvalue weighted by molar-refractivity contribution is 0.668. The molecule has 0 atom stereocenters. The van der Waals surface area contributed by atoms with Gasteiger partial charge in [-0.05, 0) is 58.3 Å². The normalized spacial score (nSPS) is 11.7. The van der Waals surface area contributed by atoms with Gasteiger partial charge in [-0.25, -0.2) is 0 Å². The van der Waals surface area contributed by atoms with Gasteiger partial charge in [0.2, 0.25) is 0 Å². The third-order valence-electron chi connectivity index (χ3n) is 9.66. The Bertz CT molecular complexity index is 2840. The minimum atomic E-state index is 0.832. The molecule has 0 unspecified atom stereocenters. The van der Waals surface area contributed by atoms with Gasteiger partial charge in [0.25, 0.3) is 0 Å². The molecule has 2 aromatic heterocycles. The predicted molar refractivity (Wildman–Crippen MR) is 204 cm³/mol. The molecule has 230 valence electrons. The number of fused-ring (bicyclic) bond motifs is 7. The topological polar surface area (TPSA) is 29.5 Å². The van der Waals surface area contributed by atoms with Crippen LogP contribution in [0, 0.1) is 0 Å². The van der Waals surface area contributed by atoms with Gasteiger partial charge in [-0.15, -0.1) is 0 Å². The van der Waals surface area contributed by atoms with Gasteiger partial charge in [-0.1, -0.05) is 133 Å². The first kappa shape index (κ1) is 27.5. The van der Waals surface area contributed by atoms with Crippen LogP contribution in [0.2, 0.25) is 0 Å². The number of benzene rings is 8. The summed E-state index contributed by atoms with van der Waals surface area (Å²) in [5.41, 5.74) is 10.9. The van der Waals surface area contributed by atoms with Gasteiger partial charge in [0, 0.05) is 38.7 Å². The average Bonchev–Trinajstić information content (AvgIpc) is 3.74. The van der Waals surface area contributed by atoms with Crippen LogP contribution in [-0.2, 0) is 0 Å². The second kappa shape index (κ2) is 11.0. The molecule has 0 amide bonds. The van der Waals surface area contributed by atoms with E-state index < -0.39 is 0 Å². The van der Waals surface area contributed by atoms with Crippen LogP contribution in [0.15, 0.2) is 185 Å². The van der Waals surface area contributed by atoms with E-state index in [1.165, 1.54) is 10.8 Å². The second-order valence-corrected chi connectivity index (χ2v) is 12.5. The fourth-order valence-electron chi connectivity index (χ4n) is 7.36. The van der Waals surface area contributed by atoms with Gasteiger partial charge in [0.15, 0.2) is 5.58 Å². The zero-order valence-electron chi connectivity index (χ0n) is 26.5. The molecule has 10 aromatic rings. The summed E-state index contributed by atoms with van der Waals surface area (Å²) in [7, 11) is 0. The summed E-state index contributed by atoms with van der Waals surface area (Å²) in [5, 5.41) is 6.80. The fraction of sp³-hybridized carbons (Fsp3) is 0. The minimum Gasteiger partial charge on any atom is -0.456 e. The van der Waals surface area contributed by atoms with Gasteiger partial charge in [-0.3, -0.25) is 0 Å². The highest BCUT2D eigenvalue weighted by molar-refractivity contribution is 6.14. The molecule has 0 aliphatic heterocycles. The largest absolute Gasteiger partial charge is 0.456 e. The molecule has 49 heavy (non-hydrogen) atoms. The first-order valence-corrected chi connectivity index (χ1v) is 16.6. The van der Waals surface area contributed by atoms with Crippen molar-refractivity contribution in [3.05, 3.63) is 176 Å². The molecule has 0 N–H and O–H groups in total. The van der Waals surface area contributed by atoms with Crippen molar-refractivity contribution in [3.8, 4) is 22.3 Å². The molecule has 2 heterocycles. The number of nitrogens with zero attached hydrogens (tertiary/aromatic N) is 1. The Kier molecular flexibility index (Phi) is 6.18. The third-order valence-corrected chi connectivity index (χ3v) is 9.66. The van der Waals surface area contributed by atoms with E-state index in [1.807, 2.05) is 18.2 Å². The van der Waals surface area contributed by atoms with E-state index >= 15 is 0 Å². The highest BCUT2D eigenvalue weighted by Gasteiger charge is 2.23. The average molecular weight is 628 g/mol. The van der Waals surface area contributed by atoms with E-state index in [2.05, 4.69) is 163 Å². The zero-order valence-corrected chi connectivity index (χ0v) is 26.5. The Morgan fingerprint density at radius 1 is 0.347 bits per heavy atom. The Morgan fingerprint density at radius 2 is 1.02 bits per heavy atom. The summed E-state index contributed by atoms with van der Waals surface area (Å²) in [6.07, 6.45) is 0. The second-order valence-electron chi connectivity index (χ2n) is 12.5. The molecule has 3 nitrogen and oxygen atoms in total. The fourth-order valence-corrected chi connectivity index (χ4v) is 7.36. The van der Waals surface area contributed by atoms with Crippen LogP contribution in [0.5, 0.6) is 0 Å². The standard InChI is InChI=1S/C46H29NO2/c1-2-13-31(14-3-1)36-18-10-19-39-40-20-11-22-42(46(40)49-45(36)39)47(34-26-27-38-37-17-7-9-23-43(37)48-44(38)29-34)41-21-8-6-16-35(41)33-25-24-30-12-4-5-15-32(30)28-33/h1-29H. The molecule has 0 radical (unpaired) electrons. The summed E-state index contributed by atoms with van der Waals surface area (Å²) in [5.74, 6) is 0. The van der Waals surface area contributed by atoms with Crippen molar-refractivity contribution in [1.29, 1.82) is 0 Å². The van der Waals surface area contributed by atoms with Crippen molar-refractivity contribution in [2.45, 2.75) is 0 Å². The van der Waals surface area contributed by atoms with Crippen LogP contribution in [0.25, 0.3) is 76.9 Å². The molecular formula is C46H29NO2. The van der Waals surface area contributed by atoms with E-state index in [0.717, 1.165) is 83.2 Å². The van der Waals surface area contributed by atoms with E-state index in [1.54, 1.807) is 0 Å². The summed E-state index contributed by atoms with van der Waals surface area (Å²) in [6, 6.07) is 61.9. The van der Waals surface area contributed by atoms with Gasteiger partial charge in [0.05, 0.1) is 17.1 Å². The number of rotatable bonds is 5. The highest BCUT2D eigenvalue weighted by atomic mass is 16.3. The minimum absolute atomic E-state index is 0.832. The molecule has 3 heteroatoms. The monoisotopic (exact) mass is 627 g/mol. The maximum atomic E-state index is 6.97. The van der Waals surface area contributed by atoms with Crippen LogP contribution < -0.4 is 4.90 Å². The van der Waals surface area contributed by atoms with Crippen molar-refractivity contribution < 1.29 is 8.83 Å². The first-order chi connectivity index (χ1) is 24.3. The van der Waals surface area contributed by atoms with Crippen molar-refractivity contribution >= 4 is 71.7 Å². The van der Waals surface area contributed by atoms with E-state index in [4.69, 9.17) is 8.83 Å². The van der Waals surface area contributed by atoms with Crippen LogP contribution in [-0.4, -0.2) is 0 Å². The Hall–Kier alpha value is -6.58. The van der Waals surface area contributed by atoms with Crippen LogP contribution in [0.3, 0.4) is 0 Å². The van der Waals surface area contributed by atoms with E-state index in [0.29, 0.717) is 0 Å². The Morgan fingerprint density at radius 3 is 1.94 bits per heavy atom. The van der Waals surface area contributed by atoms with Crippen molar-refractivity contribution in [2.75, 3.05) is 4.90 Å². The van der Waals surface area contributed by atoms with Crippen LogP contribution in [0.4, 0.5) is 17.1 Å². The number of furan rings is 2. The summed E-state index contributed by atoms with van der Waals surface area (Å²) >= 11 is 0. The van der Waals surface area contributed by atoms with E-state index in [-0.39, 0.29) is 0 Å². The SMILES string of the molecule is c1ccc(-c2cccc3c2oc2c(N(c4ccc5c(c4)oc4ccccc45)c4ccccc4-c4ccc5ccccc5c4)cccc23)cc1. The van der Waals surface area contributed by atoms with Crippen molar-refractivity contribution in [1.82, 2.24) is 0 Å². The number of hydrogen-bond donors (Lipinski definition) is 0. The van der Waals surface area contributed by atoms with Crippen molar-refractivity contribution in [3.63, 3.8) is 0 Å². The van der Waals surface area contributed by atoms with Crippen LogP contribution >= 0.6 is 0 Å². The quantitative estimate of drug-likeness (QED) is 0.190. The maximum Gasteiger partial charge on any atom is 0.159 e. The first-order valence-electron chi connectivity index (χ1n) is 16.6. The molecule has 0 bridgehead atoms. The lowest BCUT2D eigenvalue weighted by atomic mass is 9.98. The predicted octanol–water partition coefficient (Wildman–Crippen LogP) is 13.4.